The van der Waals surface area contributed by atoms with Gasteiger partial charge in [-0.2, -0.15) is 10.5 Å². The van der Waals surface area contributed by atoms with E-state index in [1.807, 2.05) is 37.3 Å². The summed E-state index contributed by atoms with van der Waals surface area (Å²) in [6, 6.07) is 11.9. The monoisotopic (exact) mass is 297 g/mol. The lowest BCUT2D eigenvalue weighted by molar-refractivity contribution is 0.125. The highest BCUT2D eigenvalue weighted by molar-refractivity contribution is 8.03. The predicted octanol–water partition coefficient (Wildman–Crippen LogP) is 3.45. The van der Waals surface area contributed by atoms with E-state index < -0.39 is 0 Å². The first-order chi connectivity index (χ1) is 10.2. The summed E-state index contributed by atoms with van der Waals surface area (Å²) in [5.41, 5.74) is 1.22. The smallest absolute Gasteiger partial charge is 0.129 e. The topological polar surface area (TPSA) is 60.0 Å². The molecule has 1 heterocycles. The van der Waals surface area contributed by atoms with Crippen LogP contribution in [0.15, 0.2) is 51.9 Å². The predicted molar refractivity (Wildman–Crippen MR) is 83.5 cm³/mol. The molecular formula is C16H15N3OS. The lowest BCUT2D eigenvalue weighted by atomic mass is 10.2. The van der Waals surface area contributed by atoms with Crippen molar-refractivity contribution in [1.82, 2.24) is 0 Å². The molecule has 0 spiro atoms. The van der Waals surface area contributed by atoms with E-state index in [1.54, 1.807) is 24.9 Å². The first kappa shape index (κ1) is 15.2. The molecule has 1 unspecified atom stereocenters. The van der Waals surface area contributed by atoms with E-state index in [2.05, 4.69) is 17.0 Å². The first-order valence-electron chi connectivity index (χ1n) is 6.49. The fourth-order valence-corrected chi connectivity index (χ4v) is 3.02. The molecule has 0 aromatic heterocycles. The standard InChI is InChI=1S/C16H15N3OS/c1-12(20-2)11-19-14-5-3-4-6-15(14)21-16(19)8-7-13(9-17)10-18/h3-8,12H,11H2,1-2H3. The Bertz CT molecular complexity index is 651. The summed E-state index contributed by atoms with van der Waals surface area (Å²) in [4.78, 5) is 3.31. The van der Waals surface area contributed by atoms with E-state index in [9.17, 15) is 0 Å². The van der Waals surface area contributed by atoms with Crippen LogP contribution in [0.5, 0.6) is 0 Å². The van der Waals surface area contributed by atoms with Crippen LogP contribution in [-0.2, 0) is 4.74 Å². The van der Waals surface area contributed by atoms with Crippen molar-refractivity contribution in [3.05, 3.63) is 47.0 Å². The second-order valence-corrected chi connectivity index (χ2v) is 5.60. The van der Waals surface area contributed by atoms with Gasteiger partial charge in [-0.05, 0) is 31.2 Å². The molecule has 1 atom stereocenters. The van der Waals surface area contributed by atoms with Crippen molar-refractivity contribution in [3.8, 4) is 12.1 Å². The Kier molecular flexibility index (Phi) is 5.05. The molecule has 21 heavy (non-hydrogen) atoms. The highest BCUT2D eigenvalue weighted by atomic mass is 32.2. The molecule has 0 aliphatic carbocycles. The number of para-hydroxylation sites is 1. The first-order valence-corrected chi connectivity index (χ1v) is 7.30. The number of rotatable bonds is 4. The van der Waals surface area contributed by atoms with E-state index in [-0.39, 0.29) is 11.7 Å². The van der Waals surface area contributed by atoms with Gasteiger partial charge >= 0.3 is 0 Å². The largest absolute Gasteiger partial charge is 0.380 e. The maximum absolute atomic E-state index is 8.81. The van der Waals surface area contributed by atoms with E-state index in [4.69, 9.17) is 15.3 Å². The molecule has 5 heteroatoms. The number of anilines is 1. The van der Waals surface area contributed by atoms with Gasteiger partial charge in [-0.1, -0.05) is 23.9 Å². The van der Waals surface area contributed by atoms with E-state index in [1.165, 1.54) is 0 Å². The lowest BCUT2D eigenvalue weighted by Crippen LogP contribution is -2.28. The quantitative estimate of drug-likeness (QED) is 0.797. The molecule has 0 N–H and O–H groups in total. The Labute approximate surface area is 128 Å². The van der Waals surface area contributed by atoms with Gasteiger partial charge in [0.25, 0.3) is 0 Å². The van der Waals surface area contributed by atoms with E-state index in [0.717, 1.165) is 15.6 Å². The van der Waals surface area contributed by atoms with Crippen LogP contribution < -0.4 is 4.90 Å². The third-order valence-electron chi connectivity index (χ3n) is 3.11. The number of hydrogen-bond acceptors (Lipinski definition) is 5. The molecule has 0 amide bonds. The maximum atomic E-state index is 8.81. The van der Waals surface area contributed by atoms with Crippen molar-refractivity contribution >= 4 is 17.4 Å². The van der Waals surface area contributed by atoms with Crippen LogP contribution in [0, 0.1) is 22.7 Å². The zero-order valence-corrected chi connectivity index (χ0v) is 12.7. The molecule has 0 radical (unpaired) electrons. The number of methoxy groups -OCH3 is 1. The van der Waals surface area contributed by atoms with Gasteiger partial charge in [-0.3, -0.25) is 0 Å². The molecule has 0 saturated carbocycles. The number of nitrogens with zero attached hydrogens (tertiary/aromatic N) is 3. The van der Waals surface area contributed by atoms with Gasteiger partial charge in [0.05, 0.1) is 16.8 Å². The maximum Gasteiger partial charge on any atom is 0.129 e. The summed E-state index contributed by atoms with van der Waals surface area (Å²) < 4.78 is 5.35. The van der Waals surface area contributed by atoms with E-state index in [0.29, 0.717) is 6.54 Å². The summed E-state index contributed by atoms with van der Waals surface area (Å²) in [6.07, 6.45) is 3.45. The van der Waals surface area contributed by atoms with Gasteiger partial charge in [0.2, 0.25) is 0 Å². The molecule has 0 bridgehead atoms. The molecule has 1 aromatic rings. The lowest BCUT2D eigenvalue weighted by Gasteiger charge is -2.23. The summed E-state index contributed by atoms with van der Waals surface area (Å²) in [5.74, 6) is 0. The normalized spacial score (nSPS) is 16.0. The number of allylic oxidation sites excluding steroid dienone is 3. The highest BCUT2D eigenvalue weighted by Gasteiger charge is 2.25. The molecule has 4 nitrogen and oxygen atoms in total. The second-order valence-electron chi connectivity index (χ2n) is 4.54. The van der Waals surface area contributed by atoms with Gasteiger partial charge in [0.1, 0.15) is 17.7 Å². The molecule has 0 fully saturated rings. The minimum Gasteiger partial charge on any atom is -0.380 e. The number of nitriles is 2. The van der Waals surface area contributed by atoms with Gasteiger partial charge in [-0.15, -0.1) is 0 Å². The van der Waals surface area contributed by atoms with E-state index >= 15 is 0 Å². The molecule has 1 aromatic carbocycles. The number of fused-ring (bicyclic) bond motifs is 1. The van der Waals surface area contributed by atoms with Crippen LogP contribution >= 0.6 is 11.8 Å². The summed E-state index contributed by atoms with van der Waals surface area (Å²) in [7, 11) is 1.69. The summed E-state index contributed by atoms with van der Waals surface area (Å²) >= 11 is 1.63. The molecule has 0 saturated heterocycles. The average molecular weight is 297 g/mol. The number of thioether (sulfide) groups is 1. The van der Waals surface area contributed by atoms with Crippen LogP contribution in [0.25, 0.3) is 0 Å². The van der Waals surface area contributed by atoms with Gasteiger partial charge in [0.15, 0.2) is 0 Å². The number of benzene rings is 1. The molecule has 1 aliphatic rings. The van der Waals surface area contributed by atoms with Crippen molar-refractivity contribution in [2.75, 3.05) is 18.6 Å². The van der Waals surface area contributed by atoms with Gasteiger partial charge in [0, 0.05) is 18.6 Å². The Morgan fingerprint density at radius 2 is 2.10 bits per heavy atom. The van der Waals surface area contributed by atoms with Crippen molar-refractivity contribution in [2.45, 2.75) is 17.9 Å². The second kappa shape index (κ2) is 6.99. The van der Waals surface area contributed by atoms with Crippen LogP contribution in [0.3, 0.4) is 0 Å². The van der Waals surface area contributed by atoms with Crippen molar-refractivity contribution in [2.24, 2.45) is 0 Å². The van der Waals surface area contributed by atoms with Crippen LogP contribution in [-0.4, -0.2) is 19.8 Å². The number of hydrogen-bond donors (Lipinski definition) is 0. The molecular weight excluding hydrogens is 282 g/mol. The Balaban J connectivity index is 2.34. The molecule has 1 aliphatic heterocycles. The van der Waals surface area contributed by atoms with Crippen molar-refractivity contribution in [3.63, 3.8) is 0 Å². The summed E-state index contributed by atoms with van der Waals surface area (Å²) in [6.45, 7) is 2.73. The Hall–Kier alpha value is -2.21. The van der Waals surface area contributed by atoms with Crippen LogP contribution in [0.1, 0.15) is 6.92 Å². The van der Waals surface area contributed by atoms with Crippen molar-refractivity contribution < 1.29 is 4.74 Å². The molecule has 2 rings (SSSR count). The average Bonchev–Trinajstić information content (AvgIpc) is 2.86. The zero-order valence-electron chi connectivity index (χ0n) is 11.9. The minimum atomic E-state index is 0.0792. The Morgan fingerprint density at radius 3 is 2.76 bits per heavy atom. The molecule has 106 valence electrons. The Morgan fingerprint density at radius 1 is 1.38 bits per heavy atom. The highest BCUT2D eigenvalue weighted by Crippen LogP contribution is 2.45. The summed E-state index contributed by atoms with van der Waals surface area (Å²) in [5, 5.41) is 18.6. The fourth-order valence-electron chi connectivity index (χ4n) is 1.95. The number of ether oxygens (including phenoxy) is 1. The fraction of sp³-hybridized carbons (Fsp3) is 0.250. The van der Waals surface area contributed by atoms with Gasteiger partial charge in [-0.25, -0.2) is 0 Å². The van der Waals surface area contributed by atoms with Gasteiger partial charge < -0.3 is 9.64 Å². The third-order valence-corrected chi connectivity index (χ3v) is 4.24. The third kappa shape index (κ3) is 3.46. The zero-order chi connectivity index (χ0) is 15.2. The van der Waals surface area contributed by atoms with Crippen molar-refractivity contribution in [1.29, 1.82) is 10.5 Å². The minimum absolute atomic E-state index is 0.0792. The van der Waals surface area contributed by atoms with Crippen LogP contribution in [0.2, 0.25) is 0 Å². The van der Waals surface area contributed by atoms with Crippen LogP contribution in [0.4, 0.5) is 5.69 Å². The SMILES string of the molecule is COC(C)CN1C(=CC=C(C#N)C#N)Sc2ccccc21.